The molecule has 8 nitrogen and oxygen atoms in total. The zero-order valence-electron chi connectivity index (χ0n) is 22.8. The SMILES string of the molecule is CCCCC[C@H]1c2c(cc(OC)c3c2CCc2cc(O)ccc2-3)O[C@@H](c2cc(OC)c(O)c(OC)c2O)[C@@H]1O. The number of hydrogen-bond donors (Lipinski definition) is 4. The summed E-state index contributed by atoms with van der Waals surface area (Å²) in [7, 11) is 4.37. The molecule has 0 spiro atoms. The van der Waals surface area contributed by atoms with E-state index in [1.54, 1.807) is 19.2 Å². The number of hydrogen-bond acceptors (Lipinski definition) is 8. The average molecular weight is 537 g/mol. The third kappa shape index (κ3) is 4.46. The average Bonchev–Trinajstić information content (AvgIpc) is 2.93. The van der Waals surface area contributed by atoms with Crippen LogP contribution in [-0.2, 0) is 12.8 Å². The summed E-state index contributed by atoms with van der Waals surface area (Å²) in [4.78, 5) is 0. The number of fused-ring (bicyclic) bond motifs is 5. The van der Waals surface area contributed by atoms with Gasteiger partial charge < -0.3 is 39.4 Å². The van der Waals surface area contributed by atoms with Gasteiger partial charge in [0.15, 0.2) is 17.6 Å². The molecule has 3 aromatic rings. The Morgan fingerprint density at radius 1 is 0.897 bits per heavy atom. The minimum atomic E-state index is -0.988. The van der Waals surface area contributed by atoms with Gasteiger partial charge in [-0.2, -0.15) is 0 Å². The van der Waals surface area contributed by atoms with Gasteiger partial charge in [-0.05, 0) is 54.2 Å². The van der Waals surface area contributed by atoms with E-state index in [1.165, 1.54) is 20.3 Å². The number of methoxy groups -OCH3 is 3. The number of phenols is 3. The topological polar surface area (TPSA) is 118 Å². The van der Waals surface area contributed by atoms with Gasteiger partial charge in [0.1, 0.15) is 23.4 Å². The van der Waals surface area contributed by atoms with Gasteiger partial charge in [0.2, 0.25) is 11.5 Å². The van der Waals surface area contributed by atoms with E-state index in [9.17, 15) is 20.4 Å². The number of benzene rings is 3. The Morgan fingerprint density at radius 3 is 2.36 bits per heavy atom. The molecule has 3 atom stereocenters. The summed E-state index contributed by atoms with van der Waals surface area (Å²) in [6.45, 7) is 2.14. The molecule has 1 aliphatic carbocycles. The van der Waals surface area contributed by atoms with Crippen molar-refractivity contribution in [2.45, 2.75) is 63.6 Å². The lowest BCUT2D eigenvalue weighted by Crippen LogP contribution is -2.36. The minimum absolute atomic E-state index is 0.103. The zero-order chi connectivity index (χ0) is 27.8. The van der Waals surface area contributed by atoms with Crippen LogP contribution in [0.15, 0.2) is 30.3 Å². The first-order chi connectivity index (χ1) is 18.8. The molecule has 0 saturated carbocycles. The molecule has 0 fully saturated rings. The second kappa shape index (κ2) is 10.8. The molecule has 5 rings (SSSR count). The molecule has 8 heteroatoms. The number of aryl methyl sites for hydroxylation is 1. The second-order valence-corrected chi connectivity index (χ2v) is 10.2. The minimum Gasteiger partial charge on any atom is -0.508 e. The number of ether oxygens (including phenoxy) is 4. The van der Waals surface area contributed by atoms with Gasteiger partial charge in [-0.15, -0.1) is 0 Å². The van der Waals surface area contributed by atoms with Gasteiger partial charge in [0.05, 0.1) is 21.3 Å². The molecule has 208 valence electrons. The molecule has 3 aromatic carbocycles. The summed E-state index contributed by atoms with van der Waals surface area (Å²) >= 11 is 0. The van der Waals surface area contributed by atoms with Crippen molar-refractivity contribution in [3.05, 3.63) is 52.6 Å². The molecule has 4 N–H and O–H groups in total. The highest BCUT2D eigenvalue weighted by Gasteiger charge is 2.43. The Hall–Kier alpha value is -3.78. The first-order valence-electron chi connectivity index (χ1n) is 13.4. The molecule has 1 heterocycles. The maximum Gasteiger partial charge on any atom is 0.207 e. The van der Waals surface area contributed by atoms with Gasteiger partial charge in [-0.25, -0.2) is 0 Å². The second-order valence-electron chi connectivity index (χ2n) is 10.2. The molecule has 39 heavy (non-hydrogen) atoms. The molecule has 2 aliphatic rings. The van der Waals surface area contributed by atoms with E-state index in [-0.39, 0.29) is 40.2 Å². The Morgan fingerprint density at radius 2 is 1.67 bits per heavy atom. The molecular weight excluding hydrogens is 500 g/mol. The molecule has 0 unspecified atom stereocenters. The highest BCUT2D eigenvalue weighted by Crippen LogP contribution is 2.56. The van der Waals surface area contributed by atoms with Crippen LogP contribution in [0.1, 0.15) is 66.9 Å². The molecule has 0 amide bonds. The third-order valence-electron chi connectivity index (χ3n) is 8.04. The summed E-state index contributed by atoms with van der Waals surface area (Å²) < 4.78 is 22.9. The van der Waals surface area contributed by atoms with Crippen molar-refractivity contribution in [3.63, 3.8) is 0 Å². The van der Waals surface area contributed by atoms with Crippen LogP contribution in [0.4, 0.5) is 0 Å². The first kappa shape index (κ1) is 26.8. The van der Waals surface area contributed by atoms with Crippen LogP contribution in [0.5, 0.6) is 40.2 Å². The van der Waals surface area contributed by atoms with Gasteiger partial charge in [0.25, 0.3) is 0 Å². The highest BCUT2D eigenvalue weighted by atomic mass is 16.5. The van der Waals surface area contributed by atoms with Crippen LogP contribution in [0.3, 0.4) is 0 Å². The normalized spacial score (nSPS) is 19.4. The summed E-state index contributed by atoms with van der Waals surface area (Å²) in [6, 6.07) is 8.73. The van der Waals surface area contributed by atoms with E-state index in [2.05, 4.69) is 6.92 Å². The molecule has 0 radical (unpaired) electrons. The fraction of sp³-hybridized carbons (Fsp3) is 0.419. The van der Waals surface area contributed by atoms with Crippen molar-refractivity contribution in [3.8, 4) is 51.4 Å². The molecular formula is C31H36O8. The van der Waals surface area contributed by atoms with Crippen molar-refractivity contribution >= 4 is 0 Å². The van der Waals surface area contributed by atoms with Gasteiger partial charge >= 0.3 is 0 Å². The highest BCUT2D eigenvalue weighted by molar-refractivity contribution is 5.82. The van der Waals surface area contributed by atoms with E-state index in [4.69, 9.17) is 18.9 Å². The lowest BCUT2D eigenvalue weighted by Gasteiger charge is -2.40. The summed E-state index contributed by atoms with van der Waals surface area (Å²) in [5.41, 5.74) is 5.31. The number of aromatic hydroxyl groups is 3. The van der Waals surface area contributed by atoms with Crippen molar-refractivity contribution in [1.82, 2.24) is 0 Å². The Bertz CT molecular complexity index is 1380. The van der Waals surface area contributed by atoms with Crippen molar-refractivity contribution in [2.75, 3.05) is 21.3 Å². The standard InChI is InChI=1S/C31H36O8/c1-5-6-7-8-20-26-19-11-9-16-13-17(32)10-12-18(16)25(19)22(36-2)15-23(26)39-30(27(20)33)21-14-24(37-3)29(35)31(38-4)28(21)34/h10,12-15,20,27,30,32-35H,5-9,11H2,1-4H3/t20-,27+,30-/m0/s1. The van der Waals surface area contributed by atoms with Crippen LogP contribution in [0.2, 0.25) is 0 Å². The number of rotatable bonds is 8. The van der Waals surface area contributed by atoms with E-state index in [0.717, 1.165) is 59.9 Å². The van der Waals surface area contributed by atoms with E-state index in [0.29, 0.717) is 17.9 Å². The van der Waals surface area contributed by atoms with E-state index >= 15 is 0 Å². The molecule has 0 saturated heterocycles. The largest absolute Gasteiger partial charge is 0.508 e. The van der Waals surface area contributed by atoms with Crippen LogP contribution >= 0.6 is 0 Å². The maximum atomic E-state index is 11.9. The monoisotopic (exact) mass is 536 g/mol. The van der Waals surface area contributed by atoms with Crippen LogP contribution in [-0.4, -0.2) is 47.9 Å². The molecule has 0 aromatic heterocycles. The predicted molar refractivity (Wildman–Crippen MR) is 147 cm³/mol. The number of aliphatic hydroxyl groups is 1. The summed E-state index contributed by atoms with van der Waals surface area (Å²) in [5, 5.41) is 43.4. The van der Waals surface area contributed by atoms with Crippen LogP contribution < -0.4 is 18.9 Å². The maximum absolute atomic E-state index is 11.9. The van der Waals surface area contributed by atoms with Crippen LogP contribution in [0, 0.1) is 0 Å². The predicted octanol–water partition coefficient (Wildman–Crippen LogP) is 5.75. The van der Waals surface area contributed by atoms with Gasteiger partial charge in [-0.1, -0.05) is 32.3 Å². The Kier molecular flexibility index (Phi) is 7.40. The van der Waals surface area contributed by atoms with Crippen molar-refractivity contribution < 1.29 is 39.4 Å². The first-order valence-corrected chi connectivity index (χ1v) is 13.4. The van der Waals surface area contributed by atoms with E-state index in [1.807, 2.05) is 12.1 Å². The fourth-order valence-electron chi connectivity index (χ4n) is 6.18. The summed E-state index contributed by atoms with van der Waals surface area (Å²) in [6.07, 6.45) is 3.24. The lowest BCUT2D eigenvalue weighted by atomic mass is 9.74. The molecule has 1 aliphatic heterocycles. The van der Waals surface area contributed by atoms with Crippen LogP contribution in [0.25, 0.3) is 11.1 Å². The number of aliphatic hydroxyl groups excluding tert-OH is 1. The van der Waals surface area contributed by atoms with Gasteiger partial charge in [0, 0.05) is 28.7 Å². The van der Waals surface area contributed by atoms with Crippen molar-refractivity contribution in [2.24, 2.45) is 0 Å². The smallest absolute Gasteiger partial charge is 0.207 e. The zero-order valence-corrected chi connectivity index (χ0v) is 22.8. The Balaban J connectivity index is 1.70. The number of phenolic OH excluding ortho intramolecular Hbond substituents is 3. The number of unbranched alkanes of at least 4 members (excludes halogenated alkanes) is 2. The van der Waals surface area contributed by atoms with Crippen molar-refractivity contribution in [1.29, 1.82) is 0 Å². The quantitative estimate of drug-likeness (QED) is 0.269. The molecule has 0 bridgehead atoms. The van der Waals surface area contributed by atoms with Gasteiger partial charge in [-0.3, -0.25) is 0 Å². The lowest BCUT2D eigenvalue weighted by molar-refractivity contribution is -0.00466. The summed E-state index contributed by atoms with van der Waals surface area (Å²) in [5.74, 6) is 0.517. The Labute approximate surface area is 228 Å². The third-order valence-corrected chi connectivity index (χ3v) is 8.04. The van der Waals surface area contributed by atoms with E-state index < -0.39 is 12.2 Å². The fourth-order valence-corrected chi connectivity index (χ4v) is 6.18.